The number of aromatic nitrogens is 6. The zero-order valence-electron chi connectivity index (χ0n) is 19.2. The monoisotopic (exact) mass is 507 g/mol. The molecule has 10 nitrogen and oxygen atoms in total. The van der Waals surface area contributed by atoms with Crippen LogP contribution < -0.4 is 11.3 Å². The van der Waals surface area contributed by atoms with E-state index in [1.807, 2.05) is 50.2 Å². The minimum Gasteiger partial charge on any atom is -0.365 e. The first-order valence-electron chi connectivity index (χ1n) is 10.7. The number of amides is 1. The Morgan fingerprint density at radius 3 is 2.51 bits per heavy atom. The predicted octanol–water partition coefficient (Wildman–Crippen LogP) is 2.81. The van der Waals surface area contributed by atoms with Crippen LogP contribution in [0.15, 0.2) is 46.3 Å². The highest BCUT2D eigenvalue weighted by atomic mass is 32.2. The second kappa shape index (κ2) is 8.78. The maximum atomic E-state index is 13.6. The van der Waals surface area contributed by atoms with Crippen LogP contribution in [-0.4, -0.2) is 46.5 Å². The van der Waals surface area contributed by atoms with Crippen LogP contribution in [0.25, 0.3) is 16.0 Å². The molecule has 12 heteroatoms. The molecule has 0 aliphatic carbocycles. The van der Waals surface area contributed by atoms with Gasteiger partial charge in [-0.05, 0) is 38.0 Å². The summed E-state index contributed by atoms with van der Waals surface area (Å²) < 4.78 is 4.62. The Labute approximate surface area is 207 Å². The summed E-state index contributed by atoms with van der Waals surface area (Å²) in [7, 11) is 0. The second-order valence-corrected chi connectivity index (χ2v) is 10.1. The van der Waals surface area contributed by atoms with Crippen LogP contribution >= 0.6 is 23.1 Å². The van der Waals surface area contributed by atoms with Gasteiger partial charge in [-0.2, -0.15) is 5.10 Å². The van der Waals surface area contributed by atoms with E-state index >= 15 is 0 Å². The van der Waals surface area contributed by atoms with Gasteiger partial charge in [-0.25, -0.2) is 9.08 Å². The molecule has 0 saturated heterocycles. The van der Waals surface area contributed by atoms with Gasteiger partial charge in [-0.1, -0.05) is 42.1 Å². The molecule has 0 radical (unpaired) electrons. The Hall–Kier alpha value is -3.77. The lowest BCUT2D eigenvalue weighted by atomic mass is 10.2. The summed E-state index contributed by atoms with van der Waals surface area (Å²) in [6.07, 6.45) is 0. The fraction of sp³-hybridized carbons (Fsp3) is 0.217. The molecule has 4 aromatic heterocycles. The van der Waals surface area contributed by atoms with E-state index in [1.54, 1.807) is 11.3 Å². The molecule has 0 saturated carbocycles. The minimum atomic E-state index is -0.604. The average molecular weight is 508 g/mol. The van der Waals surface area contributed by atoms with Crippen molar-refractivity contribution in [1.82, 2.24) is 28.9 Å². The van der Waals surface area contributed by atoms with E-state index in [2.05, 4.69) is 15.3 Å². The first-order chi connectivity index (χ1) is 16.8. The van der Waals surface area contributed by atoms with Gasteiger partial charge in [0.15, 0.2) is 5.16 Å². The predicted molar refractivity (Wildman–Crippen MR) is 134 cm³/mol. The van der Waals surface area contributed by atoms with Gasteiger partial charge in [0.05, 0.1) is 28.3 Å². The van der Waals surface area contributed by atoms with Gasteiger partial charge in [0.1, 0.15) is 4.83 Å². The summed E-state index contributed by atoms with van der Waals surface area (Å²) in [6, 6.07) is 11.4. The number of carbonyl (C=O) groups excluding carboxylic acids is 2. The van der Waals surface area contributed by atoms with Crippen LogP contribution in [0, 0.1) is 20.8 Å². The number of hydrogen-bond donors (Lipinski definition) is 1. The summed E-state index contributed by atoms with van der Waals surface area (Å²) in [4.78, 5) is 39.3. The fourth-order valence-corrected chi connectivity index (χ4v) is 6.04. The van der Waals surface area contributed by atoms with E-state index in [1.165, 1.54) is 21.0 Å². The third-order valence-electron chi connectivity index (χ3n) is 5.63. The van der Waals surface area contributed by atoms with Crippen molar-refractivity contribution in [3.63, 3.8) is 0 Å². The summed E-state index contributed by atoms with van der Waals surface area (Å²) in [6.45, 7) is 5.63. The van der Waals surface area contributed by atoms with Gasteiger partial charge in [0.25, 0.3) is 17.4 Å². The largest absolute Gasteiger partial charge is 0.365 e. The van der Waals surface area contributed by atoms with Gasteiger partial charge in [0, 0.05) is 5.69 Å². The van der Waals surface area contributed by atoms with Gasteiger partial charge in [-0.15, -0.1) is 21.5 Å². The summed E-state index contributed by atoms with van der Waals surface area (Å²) >= 11 is 2.32. The smallest absolute Gasteiger partial charge is 0.264 e. The number of carbonyl (C=O) groups is 2. The Balaban J connectivity index is 1.66. The Bertz CT molecular complexity index is 1680. The highest BCUT2D eigenvalue weighted by Crippen LogP contribution is 2.31. The number of thiophene rings is 1. The Morgan fingerprint density at radius 1 is 1.11 bits per heavy atom. The topological polar surface area (TPSA) is 130 Å². The van der Waals surface area contributed by atoms with Crippen LogP contribution in [0.5, 0.6) is 0 Å². The van der Waals surface area contributed by atoms with Crippen molar-refractivity contribution >= 4 is 50.9 Å². The van der Waals surface area contributed by atoms with Crippen LogP contribution in [0.3, 0.4) is 0 Å². The SMILES string of the molecule is Cc1cc(C)n(C(=O)CSc2nnc3n(Cc4ccccc4)c(=O)c4c(C)c(C(N)=O)sc4n23)n1. The van der Waals surface area contributed by atoms with Crippen LogP contribution in [0.2, 0.25) is 0 Å². The third kappa shape index (κ3) is 3.94. The van der Waals surface area contributed by atoms with Crippen molar-refractivity contribution in [2.24, 2.45) is 5.73 Å². The number of benzene rings is 1. The average Bonchev–Trinajstić information content (AvgIpc) is 3.50. The van der Waals surface area contributed by atoms with Gasteiger partial charge >= 0.3 is 0 Å². The van der Waals surface area contributed by atoms with Crippen molar-refractivity contribution in [2.75, 3.05) is 5.75 Å². The van der Waals surface area contributed by atoms with Crippen molar-refractivity contribution < 1.29 is 9.59 Å². The third-order valence-corrected chi connectivity index (χ3v) is 7.83. The first-order valence-corrected chi connectivity index (χ1v) is 12.5. The van der Waals surface area contributed by atoms with E-state index in [4.69, 9.17) is 5.73 Å². The first kappa shape index (κ1) is 23.0. The molecule has 1 aromatic carbocycles. The highest BCUT2D eigenvalue weighted by Gasteiger charge is 2.24. The maximum absolute atomic E-state index is 13.6. The van der Waals surface area contributed by atoms with E-state index in [9.17, 15) is 14.4 Å². The molecule has 0 bridgehead atoms. The van der Waals surface area contributed by atoms with Crippen molar-refractivity contribution in [3.8, 4) is 0 Å². The molecule has 4 heterocycles. The number of nitrogens with two attached hydrogens (primary N) is 1. The lowest BCUT2D eigenvalue weighted by Crippen LogP contribution is -2.24. The standard InChI is InChI=1S/C23H21N7O3S2/c1-12-9-13(2)30(27-12)16(31)11-34-23-26-25-22-28(10-15-7-5-4-6-8-15)20(33)17-14(3)18(19(24)32)35-21(17)29(22)23/h4-9H,10-11H2,1-3H3,(H2,24,32). The van der Waals surface area contributed by atoms with E-state index in [-0.39, 0.29) is 23.8 Å². The molecular formula is C23H21N7O3S2. The van der Waals surface area contributed by atoms with Gasteiger partial charge < -0.3 is 5.73 Å². The molecule has 5 rings (SSSR count). The number of nitrogens with zero attached hydrogens (tertiary/aromatic N) is 6. The normalized spacial score (nSPS) is 11.5. The summed E-state index contributed by atoms with van der Waals surface area (Å²) in [5.74, 6) is -0.418. The summed E-state index contributed by atoms with van der Waals surface area (Å²) in [5.41, 5.74) is 8.25. The van der Waals surface area contributed by atoms with E-state index in [0.29, 0.717) is 31.6 Å². The van der Waals surface area contributed by atoms with E-state index in [0.717, 1.165) is 28.3 Å². The van der Waals surface area contributed by atoms with Gasteiger partial charge in [0.2, 0.25) is 5.78 Å². The minimum absolute atomic E-state index is 0.0646. The van der Waals surface area contributed by atoms with Crippen molar-refractivity contribution in [2.45, 2.75) is 32.5 Å². The molecule has 178 valence electrons. The lowest BCUT2D eigenvalue weighted by molar-refractivity contribution is 0.0923. The number of fused-ring (bicyclic) bond motifs is 3. The number of aryl methyl sites for hydroxylation is 3. The molecule has 5 aromatic rings. The molecular weight excluding hydrogens is 486 g/mol. The Morgan fingerprint density at radius 2 is 1.86 bits per heavy atom. The molecule has 0 fully saturated rings. The molecule has 0 aliphatic heterocycles. The molecule has 0 atom stereocenters. The molecule has 1 amide bonds. The molecule has 2 N–H and O–H groups in total. The maximum Gasteiger partial charge on any atom is 0.264 e. The Kier molecular flexibility index (Phi) is 5.77. The van der Waals surface area contributed by atoms with Crippen LogP contribution in [0.1, 0.15) is 37.0 Å². The zero-order chi connectivity index (χ0) is 24.9. The number of hydrogen-bond acceptors (Lipinski definition) is 8. The molecule has 0 spiro atoms. The summed E-state index contributed by atoms with van der Waals surface area (Å²) in [5, 5.41) is 13.6. The lowest BCUT2D eigenvalue weighted by Gasteiger charge is -2.10. The zero-order valence-corrected chi connectivity index (χ0v) is 20.8. The number of rotatable bonds is 6. The molecule has 0 unspecified atom stereocenters. The fourth-order valence-electron chi connectivity index (χ4n) is 4.05. The number of thioether (sulfide) groups is 1. The molecule has 35 heavy (non-hydrogen) atoms. The van der Waals surface area contributed by atoms with Gasteiger partial charge in [-0.3, -0.25) is 19.0 Å². The van der Waals surface area contributed by atoms with Crippen LogP contribution in [-0.2, 0) is 6.54 Å². The molecule has 0 aliphatic rings. The van der Waals surface area contributed by atoms with E-state index < -0.39 is 5.91 Å². The highest BCUT2D eigenvalue weighted by molar-refractivity contribution is 7.99. The number of primary amides is 1. The van der Waals surface area contributed by atoms with Crippen molar-refractivity contribution in [3.05, 3.63) is 74.1 Å². The van der Waals surface area contributed by atoms with Crippen molar-refractivity contribution in [1.29, 1.82) is 0 Å². The second-order valence-electron chi connectivity index (χ2n) is 8.12. The van der Waals surface area contributed by atoms with Crippen LogP contribution in [0.4, 0.5) is 0 Å². The quantitative estimate of drug-likeness (QED) is 0.350.